The third kappa shape index (κ3) is 2.08. The third-order valence-electron chi connectivity index (χ3n) is 3.44. The van der Waals surface area contributed by atoms with Crippen LogP contribution in [0.2, 0.25) is 0 Å². The van der Waals surface area contributed by atoms with Crippen LogP contribution in [0.5, 0.6) is 5.75 Å². The van der Waals surface area contributed by atoms with Gasteiger partial charge in [-0.3, -0.25) is 0 Å². The number of hydrogen-bond donors (Lipinski definition) is 0. The van der Waals surface area contributed by atoms with E-state index in [1.165, 1.54) is 5.56 Å². The number of hydrogen-bond acceptors (Lipinski definition) is 2. The summed E-state index contributed by atoms with van der Waals surface area (Å²) in [5, 5.41) is 1.16. The minimum atomic E-state index is 0.829. The number of pyridine rings is 1. The first-order valence-electron chi connectivity index (χ1n) is 6.40. The fourth-order valence-corrected chi connectivity index (χ4v) is 2.89. The molecular formula is C17H14BrNO. The molecule has 2 aromatic carbocycles. The highest BCUT2D eigenvalue weighted by molar-refractivity contribution is 9.10. The minimum Gasteiger partial charge on any atom is -0.496 e. The highest BCUT2D eigenvalue weighted by atomic mass is 79.9. The summed E-state index contributed by atoms with van der Waals surface area (Å²) in [7, 11) is 1.68. The maximum absolute atomic E-state index is 5.45. The summed E-state index contributed by atoms with van der Waals surface area (Å²) in [4.78, 5) is 4.79. The van der Waals surface area contributed by atoms with Gasteiger partial charge in [-0.2, -0.15) is 0 Å². The van der Waals surface area contributed by atoms with E-state index in [0.29, 0.717) is 0 Å². The van der Waals surface area contributed by atoms with Crippen molar-refractivity contribution >= 4 is 26.8 Å². The average molecular weight is 328 g/mol. The molecule has 0 aliphatic rings. The molecule has 3 rings (SSSR count). The van der Waals surface area contributed by atoms with Crippen LogP contribution in [0.4, 0.5) is 0 Å². The predicted molar refractivity (Wildman–Crippen MR) is 86.2 cm³/mol. The maximum atomic E-state index is 5.45. The Balaban J connectivity index is 2.34. The molecule has 0 saturated heterocycles. The second kappa shape index (κ2) is 5.25. The zero-order valence-electron chi connectivity index (χ0n) is 11.4. The van der Waals surface area contributed by atoms with E-state index in [1.54, 1.807) is 7.11 Å². The van der Waals surface area contributed by atoms with Gasteiger partial charge in [0.05, 0.1) is 18.3 Å². The number of benzene rings is 2. The molecule has 1 heterocycles. The van der Waals surface area contributed by atoms with Gasteiger partial charge in [0.15, 0.2) is 0 Å². The molecule has 0 N–H and O–H groups in total. The molecule has 0 radical (unpaired) electrons. The average Bonchev–Trinajstić information content (AvgIpc) is 2.51. The summed E-state index contributed by atoms with van der Waals surface area (Å²) in [6.07, 6.45) is 0. The van der Waals surface area contributed by atoms with Crippen molar-refractivity contribution in [3.63, 3.8) is 0 Å². The first kappa shape index (κ1) is 13.1. The summed E-state index contributed by atoms with van der Waals surface area (Å²) in [5.74, 6) is 0.829. The summed E-state index contributed by atoms with van der Waals surface area (Å²) in [6.45, 7) is 2.10. The van der Waals surface area contributed by atoms with Crippen molar-refractivity contribution in [1.82, 2.24) is 4.98 Å². The van der Waals surface area contributed by atoms with E-state index in [2.05, 4.69) is 28.9 Å². The van der Waals surface area contributed by atoms with Crippen LogP contribution < -0.4 is 4.74 Å². The molecule has 100 valence electrons. The smallest absolute Gasteiger partial charge is 0.128 e. The Kier molecular flexibility index (Phi) is 3.45. The zero-order chi connectivity index (χ0) is 14.1. The topological polar surface area (TPSA) is 22.1 Å². The van der Waals surface area contributed by atoms with E-state index in [4.69, 9.17) is 9.72 Å². The predicted octanol–water partition coefficient (Wildman–Crippen LogP) is 4.98. The number of halogens is 1. The van der Waals surface area contributed by atoms with Gasteiger partial charge >= 0.3 is 0 Å². The molecule has 0 fully saturated rings. The van der Waals surface area contributed by atoms with Crippen LogP contribution in [0, 0.1) is 6.92 Å². The lowest BCUT2D eigenvalue weighted by Crippen LogP contribution is -1.94. The number of aromatic nitrogens is 1. The molecule has 0 bridgehead atoms. The summed E-state index contributed by atoms with van der Waals surface area (Å²) in [6, 6.07) is 16.1. The van der Waals surface area contributed by atoms with Gasteiger partial charge in [0.25, 0.3) is 0 Å². The van der Waals surface area contributed by atoms with Gasteiger partial charge in [0.2, 0.25) is 0 Å². The second-order valence-corrected chi connectivity index (χ2v) is 5.41. The lowest BCUT2D eigenvalue weighted by molar-refractivity contribution is 0.416. The fourth-order valence-electron chi connectivity index (χ4n) is 2.37. The Labute approximate surface area is 126 Å². The Morgan fingerprint density at radius 3 is 2.50 bits per heavy atom. The van der Waals surface area contributed by atoms with E-state index >= 15 is 0 Å². The van der Waals surface area contributed by atoms with Gasteiger partial charge in [-0.25, -0.2) is 4.98 Å². The molecule has 0 aliphatic heterocycles. The molecule has 0 spiro atoms. The van der Waals surface area contributed by atoms with Gasteiger partial charge < -0.3 is 4.74 Å². The molecule has 2 nitrogen and oxygen atoms in total. The van der Waals surface area contributed by atoms with Crippen LogP contribution in [0.25, 0.3) is 22.2 Å². The highest BCUT2D eigenvalue weighted by Gasteiger charge is 2.14. The van der Waals surface area contributed by atoms with Gasteiger partial charge in [-0.1, -0.05) is 30.3 Å². The van der Waals surface area contributed by atoms with Crippen molar-refractivity contribution in [3.8, 4) is 17.0 Å². The molecule has 0 aliphatic carbocycles. The van der Waals surface area contributed by atoms with Crippen LogP contribution in [-0.2, 0) is 0 Å². The first-order valence-corrected chi connectivity index (χ1v) is 7.20. The standard InChI is InChI=1S/C17H14BrNO/c1-11-12-7-3-5-9-14(12)19-17(16(11)18)13-8-4-6-10-15(13)20-2/h3-10H,1-2H3. The molecule has 20 heavy (non-hydrogen) atoms. The van der Waals surface area contributed by atoms with E-state index in [1.807, 2.05) is 42.5 Å². The highest BCUT2D eigenvalue weighted by Crippen LogP contribution is 2.37. The Morgan fingerprint density at radius 2 is 1.70 bits per heavy atom. The monoisotopic (exact) mass is 327 g/mol. The fraction of sp³-hybridized carbons (Fsp3) is 0.118. The van der Waals surface area contributed by atoms with Gasteiger partial charge in [0, 0.05) is 15.4 Å². The molecule has 0 amide bonds. The van der Waals surface area contributed by atoms with Crippen molar-refractivity contribution < 1.29 is 4.74 Å². The molecule has 0 saturated carbocycles. The summed E-state index contributed by atoms with van der Waals surface area (Å²) in [5.41, 5.74) is 4.10. The lowest BCUT2D eigenvalue weighted by atomic mass is 10.0. The quantitative estimate of drug-likeness (QED) is 0.662. The number of rotatable bonds is 2. The van der Waals surface area contributed by atoms with Crippen LogP contribution in [0.1, 0.15) is 5.56 Å². The molecule has 0 unspecified atom stereocenters. The normalized spacial score (nSPS) is 10.8. The summed E-state index contributed by atoms with van der Waals surface area (Å²) >= 11 is 3.68. The number of nitrogens with zero attached hydrogens (tertiary/aromatic N) is 1. The third-order valence-corrected chi connectivity index (χ3v) is 4.41. The molecule has 3 aromatic rings. The molecule has 0 atom stereocenters. The van der Waals surface area contributed by atoms with Gasteiger partial charge in [-0.05, 0) is 46.6 Å². The number of fused-ring (bicyclic) bond motifs is 1. The van der Waals surface area contributed by atoms with Gasteiger partial charge in [-0.15, -0.1) is 0 Å². The van der Waals surface area contributed by atoms with Crippen LogP contribution in [0.3, 0.4) is 0 Å². The lowest BCUT2D eigenvalue weighted by Gasteiger charge is -2.13. The first-order chi connectivity index (χ1) is 9.72. The van der Waals surface area contributed by atoms with Crippen molar-refractivity contribution in [3.05, 3.63) is 58.6 Å². The van der Waals surface area contributed by atoms with Crippen LogP contribution >= 0.6 is 15.9 Å². The Bertz CT molecular complexity index is 783. The van der Waals surface area contributed by atoms with E-state index < -0.39 is 0 Å². The number of ether oxygens (including phenoxy) is 1. The Hall–Kier alpha value is -1.87. The number of aryl methyl sites for hydroxylation is 1. The van der Waals surface area contributed by atoms with Gasteiger partial charge in [0.1, 0.15) is 5.75 Å². The zero-order valence-corrected chi connectivity index (χ0v) is 12.9. The van der Waals surface area contributed by atoms with E-state index in [0.717, 1.165) is 32.4 Å². The molecule has 3 heteroatoms. The largest absolute Gasteiger partial charge is 0.496 e. The number of methoxy groups -OCH3 is 1. The van der Waals surface area contributed by atoms with Crippen LogP contribution in [-0.4, -0.2) is 12.1 Å². The molecule has 1 aromatic heterocycles. The van der Waals surface area contributed by atoms with Crippen molar-refractivity contribution in [2.24, 2.45) is 0 Å². The van der Waals surface area contributed by atoms with E-state index in [9.17, 15) is 0 Å². The number of para-hydroxylation sites is 2. The van der Waals surface area contributed by atoms with Crippen molar-refractivity contribution in [2.75, 3.05) is 7.11 Å². The van der Waals surface area contributed by atoms with Crippen molar-refractivity contribution in [1.29, 1.82) is 0 Å². The SMILES string of the molecule is COc1ccccc1-c1nc2ccccc2c(C)c1Br. The van der Waals surface area contributed by atoms with Crippen LogP contribution in [0.15, 0.2) is 53.0 Å². The summed E-state index contributed by atoms with van der Waals surface area (Å²) < 4.78 is 6.46. The Morgan fingerprint density at radius 1 is 1.00 bits per heavy atom. The minimum absolute atomic E-state index is 0.829. The molecular weight excluding hydrogens is 314 g/mol. The van der Waals surface area contributed by atoms with E-state index in [-0.39, 0.29) is 0 Å². The van der Waals surface area contributed by atoms with Crippen molar-refractivity contribution in [2.45, 2.75) is 6.92 Å². The maximum Gasteiger partial charge on any atom is 0.128 e. The second-order valence-electron chi connectivity index (χ2n) is 4.62.